The first-order valence-electron chi connectivity index (χ1n) is 3.77. The second kappa shape index (κ2) is 4.13. The number of primary amides is 1. The van der Waals surface area contributed by atoms with Crippen molar-refractivity contribution in [3.05, 3.63) is 33.4 Å². The van der Waals surface area contributed by atoms with E-state index in [1.807, 2.05) is 0 Å². The van der Waals surface area contributed by atoms with Crippen LogP contribution in [0.2, 0.25) is 0 Å². The van der Waals surface area contributed by atoms with Gasteiger partial charge in [0, 0.05) is 0 Å². The minimum absolute atomic E-state index is 0.309. The van der Waals surface area contributed by atoms with Gasteiger partial charge in [-0.2, -0.15) is 4.39 Å². The maximum Gasteiger partial charge on any atom is 0.323 e. The monoisotopic (exact) mass is 235 g/mol. The molecule has 0 spiro atoms. The lowest BCUT2D eigenvalue weighted by Crippen LogP contribution is -2.18. The predicted molar refractivity (Wildman–Crippen MR) is 44.3 cm³/mol. The lowest BCUT2D eigenvalue weighted by molar-refractivity contribution is -0.387. The van der Waals surface area contributed by atoms with Crippen LogP contribution in [0.5, 0.6) is 0 Å². The van der Waals surface area contributed by atoms with E-state index < -0.39 is 40.0 Å². The molecule has 1 heterocycles. The topological polar surface area (TPSA) is 99.1 Å². The van der Waals surface area contributed by atoms with Crippen molar-refractivity contribution in [2.75, 3.05) is 0 Å². The van der Waals surface area contributed by atoms with Gasteiger partial charge in [0.05, 0.1) is 4.92 Å². The number of alkyl halides is 2. The molecule has 6 nitrogen and oxygen atoms in total. The largest absolute Gasteiger partial charge is 0.365 e. The Morgan fingerprint density at radius 3 is 2.50 bits per heavy atom. The summed E-state index contributed by atoms with van der Waals surface area (Å²) >= 11 is 0. The first kappa shape index (κ1) is 11.9. The Labute approximate surface area is 86.0 Å². The molecular formula is C7H4F3N3O3. The molecule has 16 heavy (non-hydrogen) atoms. The average Bonchev–Trinajstić information content (AvgIpc) is 2.15. The molecule has 0 radical (unpaired) electrons. The van der Waals surface area contributed by atoms with Gasteiger partial charge in [-0.1, -0.05) is 0 Å². The van der Waals surface area contributed by atoms with E-state index in [4.69, 9.17) is 0 Å². The Morgan fingerprint density at radius 2 is 2.12 bits per heavy atom. The van der Waals surface area contributed by atoms with Crippen LogP contribution in [0.15, 0.2) is 6.20 Å². The van der Waals surface area contributed by atoms with Crippen LogP contribution in [0.3, 0.4) is 0 Å². The summed E-state index contributed by atoms with van der Waals surface area (Å²) in [5, 5.41) is 10.3. The zero-order valence-electron chi connectivity index (χ0n) is 7.49. The number of aromatic nitrogens is 1. The van der Waals surface area contributed by atoms with Crippen molar-refractivity contribution in [1.29, 1.82) is 0 Å². The number of halogens is 3. The van der Waals surface area contributed by atoms with Crippen molar-refractivity contribution in [3.63, 3.8) is 0 Å². The van der Waals surface area contributed by atoms with Crippen molar-refractivity contribution >= 4 is 11.6 Å². The third-order valence-electron chi connectivity index (χ3n) is 1.68. The van der Waals surface area contributed by atoms with Crippen LogP contribution in [-0.4, -0.2) is 15.8 Å². The maximum atomic E-state index is 13.3. The van der Waals surface area contributed by atoms with Gasteiger partial charge in [-0.15, -0.1) is 0 Å². The van der Waals surface area contributed by atoms with E-state index in [1.54, 1.807) is 0 Å². The Morgan fingerprint density at radius 1 is 1.56 bits per heavy atom. The molecule has 0 aliphatic heterocycles. The number of pyridine rings is 1. The highest BCUT2D eigenvalue weighted by Crippen LogP contribution is 2.27. The molecule has 0 aliphatic rings. The SMILES string of the molecule is NC(=O)c1c(C(F)F)ncc([N+](=O)[O-])c1F. The van der Waals surface area contributed by atoms with Crippen molar-refractivity contribution in [2.24, 2.45) is 5.73 Å². The minimum Gasteiger partial charge on any atom is -0.365 e. The number of amides is 1. The lowest BCUT2D eigenvalue weighted by atomic mass is 10.1. The van der Waals surface area contributed by atoms with Crippen LogP contribution < -0.4 is 5.73 Å². The number of carbonyl (C=O) groups excluding carboxylic acids is 1. The molecular weight excluding hydrogens is 231 g/mol. The van der Waals surface area contributed by atoms with E-state index >= 15 is 0 Å². The summed E-state index contributed by atoms with van der Waals surface area (Å²) in [6, 6.07) is 0. The van der Waals surface area contributed by atoms with E-state index in [0.717, 1.165) is 0 Å². The second-order valence-corrected chi connectivity index (χ2v) is 2.64. The molecule has 0 atom stereocenters. The molecule has 0 unspecified atom stereocenters. The van der Waals surface area contributed by atoms with Crippen LogP contribution in [0.1, 0.15) is 22.5 Å². The van der Waals surface area contributed by atoms with Crippen LogP contribution in [0.4, 0.5) is 18.9 Å². The third kappa shape index (κ3) is 1.92. The summed E-state index contributed by atoms with van der Waals surface area (Å²) in [6.45, 7) is 0. The normalized spacial score (nSPS) is 10.5. The minimum atomic E-state index is -3.25. The smallest absolute Gasteiger partial charge is 0.323 e. The summed E-state index contributed by atoms with van der Waals surface area (Å²) in [4.78, 5) is 22.7. The molecule has 2 N–H and O–H groups in total. The fourth-order valence-electron chi connectivity index (χ4n) is 1.02. The number of nitrogens with zero attached hydrogens (tertiary/aromatic N) is 2. The van der Waals surface area contributed by atoms with Gasteiger partial charge in [-0.25, -0.2) is 13.8 Å². The standard InChI is InChI=1S/C7H4F3N3O3/c8-4-2(13(15)16)1-12-5(6(9)10)3(4)7(11)14/h1,6H,(H2,11,14). The van der Waals surface area contributed by atoms with Gasteiger partial charge in [0.2, 0.25) is 5.82 Å². The summed E-state index contributed by atoms with van der Waals surface area (Å²) in [5.41, 5.74) is 0.993. The van der Waals surface area contributed by atoms with E-state index in [1.165, 1.54) is 0 Å². The Bertz CT molecular complexity index is 464. The average molecular weight is 235 g/mol. The van der Waals surface area contributed by atoms with Crippen LogP contribution in [0.25, 0.3) is 0 Å². The first-order chi connectivity index (χ1) is 7.36. The van der Waals surface area contributed by atoms with E-state index in [-0.39, 0.29) is 0 Å². The summed E-state index contributed by atoms with van der Waals surface area (Å²) < 4.78 is 37.9. The number of nitrogens with two attached hydrogens (primary N) is 1. The predicted octanol–water partition coefficient (Wildman–Crippen LogP) is 1.17. The molecule has 1 rings (SSSR count). The van der Waals surface area contributed by atoms with E-state index in [0.29, 0.717) is 6.20 Å². The van der Waals surface area contributed by atoms with Gasteiger partial charge >= 0.3 is 5.69 Å². The van der Waals surface area contributed by atoms with Crippen LogP contribution in [-0.2, 0) is 0 Å². The van der Waals surface area contributed by atoms with Crippen molar-refractivity contribution < 1.29 is 22.9 Å². The third-order valence-corrected chi connectivity index (χ3v) is 1.68. The Hall–Kier alpha value is -2.19. The second-order valence-electron chi connectivity index (χ2n) is 2.64. The molecule has 1 amide bonds. The van der Waals surface area contributed by atoms with Gasteiger partial charge < -0.3 is 5.73 Å². The summed E-state index contributed by atoms with van der Waals surface area (Å²) in [6.07, 6.45) is -2.94. The maximum absolute atomic E-state index is 13.3. The van der Waals surface area contributed by atoms with Crippen molar-refractivity contribution in [3.8, 4) is 0 Å². The molecule has 0 bridgehead atoms. The van der Waals surface area contributed by atoms with Crippen molar-refractivity contribution in [2.45, 2.75) is 6.43 Å². The Kier molecular flexibility index (Phi) is 3.06. The highest BCUT2D eigenvalue weighted by Gasteiger charge is 2.29. The molecule has 0 aromatic carbocycles. The first-order valence-corrected chi connectivity index (χ1v) is 3.77. The molecule has 9 heteroatoms. The molecule has 0 aliphatic carbocycles. The zero-order valence-corrected chi connectivity index (χ0v) is 7.49. The molecule has 0 saturated carbocycles. The van der Waals surface area contributed by atoms with E-state index in [2.05, 4.69) is 10.7 Å². The van der Waals surface area contributed by atoms with Gasteiger partial charge in [-0.05, 0) is 0 Å². The number of hydrogen-bond acceptors (Lipinski definition) is 4. The lowest BCUT2D eigenvalue weighted by Gasteiger charge is -2.05. The van der Waals surface area contributed by atoms with Gasteiger partial charge in [0.25, 0.3) is 12.3 Å². The quantitative estimate of drug-likeness (QED) is 0.627. The number of nitro groups is 1. The van der Waals surface area contributed by atoms with Crippen molar-refractivity contribution in [1.82, 2.24) is 4.98 Å². The highest BCUT2D eigenvalue weighted by atomic mass is 19.3. The molecule has 0 fully saturated rings. The van der Waals surface area contributed by atoms with E-state index in [9.17, 15) is 28.1 Å². The highest BCUT2D eigenvalue weighted by molar-refractivity contribution is 5.94. The van der Waals surface area contributed by atoms with Crippen LogP contribution in [0, 0.1) is 15.9 Å². The number of hydrogen-bond donors (Lipinski definition) is 1. The number of carbonyl (C=O) groups is 1. The number of rotatable bonds is 3. The zero-order chi connectivity index (χ0) is 12.5. The van der Waals surface area contributed by atoms with Crippen LogP contribution >= 0.6 is 0 Å². The molecule has 0 saturated heterocycles. The Balaban J connectivity index is 3.54. The molecule has 1 aromatic heterocycles. The molecule has 1 aromatic rings. The van der Waals surface area contributed by atoms with Gasteiger partial charge in [-0.3, -0.25) is 14.9 Å². The summed E-state index contributed by atoms with van der Waals surface area (Å²) in [5.74, 6) is -3.24. The summed E-state index contributed by atoms with van der Waals surface area (Å²) in [7, 11) is 0. The fraction of sp³-hybridized carbons (Fsp3) is 0.143. The fourth-order valence-corrected chi connectivity index (χ4v) is 1.02. The van der Waals surface area contributed by atoms with Gasteiger partial charge in [0.1, 0.15) is 17.5 Å². The van der Waals surface area contributed by atoms with Gasteiger partial charge in [0.15, 0.2) is 0 Å². The molecule has 86 valence electrons.